The zero-order valence-corrected chi connectivity index (χ0v) is 16.0. The van der Waals surface area contributed by atoms with Gasteiger partial charge in [0.2, 0.25) is 16.9 Å². The van der Waals surface area contributed by atoms with Gasteiger partial charge in [-0.2, -0.15) is 0 Å². The summed E-state index contributed by atoms with van der Waals surface area (Å²) < 4.78 is 26.9. The lowest BCUT2D eigenvalue weighted by molar-refractivity contribution is -0.122. The molecule has 0 saturated carbocycles. The fourth-order valence-corrected chi connectivity index (χ4v) is 3.92. The number of hydrogen-bond donors (Lipinski definition) is 1. The van der Waals surface area contributed by atoms with Gasteiger partial charge < -0.3 is 10.2 Å². The van der Waals surface area contributed by atoms with E-state index in [2.05, 4.69) is 15.5 Å². The molecule has 1 aromatic heterocycles. The Bertz CT molecular complexity index is 1050. The Morgan fingerprint density at radius 3 is 2.66 bits per heavy atom. The van der Waals surface area contributed by atoms with Crippen molar-refractivity contribution in [3.8, 4) is 0 Å². The summed E-state index contributed by atoms with van der Waals surface area (Å²) in [5.74, 6) is -2.08. The van der Waals surface area contributed by atoms with Crippen LogP contribution in [0.15, 0.2) is 48.5 Å². The normalized spacial score (nSPS) is 16.3. The first-order chi connectivity index (χ1) is 14.0. The van der Waals surface area contributed by atoms with Crippen LogP contribution >= 0.6 is 11.3 Å². The van der Waals surface area contributed by atoms with Crippen LogP contribution in [-0.4, -0.2) is 28.6 Å². The van der Waals surface area contributed by atoms with E-state index in [-0.39, 0.29) is 36.3 Å². The van der Waals surface area contributed by atoms with Crippen molar-refractivity contribution in [2.45, 2.75) is 12.8 Å². The summed E-state index contributed by atoms with van der Waals surface area (Å²) in [6, 6.07) is 12.0. The van der Waals surface area contributed by atoms with Gasteiger partial charge in [-0.15, -0.1) is 10.2 Å². The first-order valence-corrected chi connectivity index (χ1v) is 9.74. The zero-order valence-electron chi connectivity index (χ0n) is 15.1. The monoisotopic (exact) mass is 414 g/mol. The van der Waals surface area contributed by atoms with Gasteiger partial charge in [0.15, 0.2) is 0 Å². The molecule has 2 aromatic carbocycles. The number of amides is 2. The number of para-hydroxylation sites is 1. The maximum absolute atomic E-state index is 14.0. The number of carbonyl (C=O) groups excluding carboxylic acids is 2. The molecule has 9 heteroatoms. The van der Waals surface area contributed by atoms with Crippen LogP contribution in [0.3, 0.4) is 0 Å². The number of hydrogen-bond acceptors (Lipinski definition) is 5. The predicted molar refractivity (Wildman–Crippen MR) is 105 cm³/mol. The summed E-state index contributed by atoms with van der Waals surface area (Å²) in [4.78, 5) is 26.1. The van der Waals surface area contributed by atoms with E-state index in [0.717, 1.165) is 5.56 Å². The maximum atomic E-state index is 14.0. The Hall–Kier alpha value is -3.20. The first-order valence-electron chi connectivity index (χ1n) is 8.92. The van der Waals surface area contributed by atoms with Gasteiger partial charge in [-0.3, -0.25) is 9.59 Å². The lowest BCUT2D eigenvalue weighted by atomic mass is 10.1. The minimum atomic E-state index is -0.605. The molecular weight excluding hydrogens is 398 g/mol. The Morgan fingerprint density at radius 2 is 1.90 bits per heavy atom. The molecule has 148 valence electrons. The third kappa shape index (κ3) is 4.29. The summed E-state index contributed by atoms with van der Waals surface area (Å²) in [6.45, 7) is 0.104. The molecule has 0 bridgehead atoms. The lowest BCUT2D eigenvalue weighted by Gasteiger charge is -2.17. The Kier molecular flexibility index (Phi) is 5.30. The van der Waals surface area contributed by atoms with E-state index >= 15 is 0 Å². The molecule has 0 unspecified atom stereocenters. The average molecular weight is 414 g/mol. The largest absolute Gasteiger partial charge is 0.309 e. The molecule has 6 nitrogen and oxygen atoms in total. The number of halogens is 2. The summed E-state index contributed by atoms with van der Waals surface area (Å²) in [7, 11) is 0. The molecule has 0 radical (unpaired) electrons. The van der Waals surface area contributed by atoms with Crippen LogP contribution in [0, 0.1) is 17.6 Å². The molecule has 1 N–H and O–H groups in total. The van der Waals surface area contributed by atoms with Crippen LogP contribution in [0.1, 0.15) is 17.0 Å². The fraction of sp³-hybridized carbons (Fsp3) is 0.200. The number of rotatable bonds is 5. The smallest absolute Gasteiger partial charge is 0.231 e. The van der Waals surface area contributed by atoms with E-state index in [1.807, 2.05) is 0 Å². The third-order valence-corrected chi connectivity index (χ3v) is 5.44. The second-order valence-corrected chi connectivity index (χ2v) is 7.71. The first kappa shape index (κ1) is 19.1. The number of aromatic nitrogens is 2. The van der Waals surface area contributed by atoms with E-state index in [1.54, 1.807) is 24.3 Å². The van der Waals surface area contributed by atoms with Gasteiger partial charge in [-0.25, -0.2) is 8.78 Å². The number of benzene rings is 2. The van der Waals surface area contributed by atoms with Gasteiger partial charge in [0.05, 0.1) is 11.6 Å². The molecule has 1 saturated heterocycles. The van der Waals surface area contributed by atoms with Crippen molar-refractivity contribution in [1.29, 1.82) is 0 Å². The van der Waals surface area contributed by atoms with E-state index in [0.29, 0.717) is 16.6 Å². The highest BCUT2D eigenvalue weighted by Crippen LogP contribution is 2.28. The second kappa shape index (κ2) is 8.04. The summed E-state index contributed by atoms with van der Waals surface area (Å²) in [6.07, 6.45) is 0.470. The lowest BCUT2D eigenvalue weighted by Crippen LogP contribution is -2.28. The molecule has 2 heterocycles. The van der Waals surface area contributed by atoms with Crippen molar-refractivity contribution in [3.63, 3.8) is 0 Å². The molecule has 0 aliphatic carbocycles. The van der Waals surface area contributed by atoms with E-state index in [9.17, 15) is 18.4 Å². The topological polar surface area (TPSA) is 75.2 Å². The van der Waals surface area contributed by atoms with E-state index < -0.39 is 11.7 Å². The maximum Gasteiger partial charge on any atom is 0.231 e. The van der Waals surface area contributed by atoms with Crippen LogP contribution in [0.2, 0.25) is 0 Å². The summed E-state index contributed by atoms with van der Waals surface area (Å²) in [5.41, 5.74) is 1.05. The molecule has 1 atom stereocenters. The summed E-state index contributed by atoms with van der Waals surface area (Å²) >= 11 is 1.21. The van der Waals surface area contributed by atoms with Crippen molar-refractivity contribution in [2.24, 2.45) is 5.92 Å². The van der Waals surface area contributed by atoms with Gasteiger partial charge in [-0.1, -0.05) is 35.6 Å². The van der Waals surface area contributed by atoms with E-state index in [4.69, 9.17) is 0 Å². The number of carbonyl (C=O) groups is 2. The molecule has 0 spiro atoms. The van der Waals surface area contributed by atoms with Crippen molar-refractivity contribution < 1.29 is 18.4 Å². The van der Waals surface area contributed by atoms with Crippen molar-refractivity contribution in [3.05, 3.63) is 70.7 Å². The van der Waals surface area contributed by atoms with Crippen LogP contribution in [0.25, 0.3) is 0 Å². The number of anilines is 2. The molecule has 29 heavy (non-hydrogen) atoms. The van der Waals surface area contributed by atoms with Gasteiger partial charge in [-0.05, 0) is 29.8 Å². The molecule has 3 aromatic rings. The van der Waals surface area contributed by atoms with Crippen LogP contribution in [-0.2, 0) is 16.0 Å². The molecular formula is C20H16F2N4O2S. The Morgan fingerprint density at radius 1 is 1.14 bits per heavy atom. The van der Waals surface area contributed by atoms with Gasteiger partial charge in [0.25, 0.3) is 0 Å². The van der Waals surface area contributed by atoms with Gasteiger partial charge >= 0.3 is 0 Å². The Balaban J connectivity index is 1.39. The highest BCUT2D eigenvalue weighted by molar-refractivity contribution is 7.15. The number of nitrogens with one attached hydrogen (secondary N) is 1. The summed E-state index contributed by atoms with van der Waals surface area (Å²) in [5, 5.41) is 11.7. The highest BCUT2D eigenvalue weighted by Gasteiger charge is 2.36. The predicted octanol–water partition coefficient (Wildman–Crippen LogP) is 3.40. The van der Waals surface area contributed by atoms with Crippen molar-refractivity contribution in [1.82, 2.24) is 10.2 Å². The van der Waals surface area contributed by atoms with Crippen LogP contribution < -0.4 is 10.2 Å². The average Bonchev–Trinajstić information content (AvgIpc) is 3.30. The van der Waals surface area contributed by atoms with Crippen LogP contribution in [0.5, 0.6) is 0 Å². The van der Waals surface area contributed by atoms with Gasteiger partial charge in [0, 0.05) is 19.4 Å². The van der Waals surface area contributed by atoms with E-state index in [1.165, 1.54) is 40.5 Å². The fourth-order valence-electron chi connectivity index (χ4n) is 3.15. The molecule has 4 rings (SSSR count). The minimum absolute atomic E-state index is 0.00140. The quantitative estimate of drug-likeness (QED) is 0.694. The Labute approximate surface area is 169 Å². The molecule has 2 amide bonds. The minimum Gasteiger partial charge on any atom is -0.309 e. The van der Waals surface area contributed by atoms with Crippen molar-refractivity contribution >= 4 is 34.0 Å². The van der Waals surface area contributed by atoms with Crippen LogP contribution in [0.4, 0.5) is 19.6 Å². The zero-order chi connectivity index (χ0) is 20.4. The second-order valence-electron chi connectivity index (χ2n) is 6.65. The SMILES string of the molecule is O=C(Nc1nnc(Cc2ccc(F)cc2)s1)[C@H]1CC(=O)N(c2ccccc2F)C1. The molecule has 1 fully saturated rings. The van der Waals surface area contributed by atoms with Crippen molar-refractivity contribution in [2.75, 3.05) is 16.8 Å². The standard InChI is InChI=1S/C20H16F2N4O2S/c21-14-7-5-12(6-8-14)9-17-24-25-20(29-17)23-19(28)13-10-18(27)26(11-13)16-4-2-1-3-15(16)22/h1-8,13H,9-11H2,(H,23,25,28)/t13-/m0/s1. The third-order valence-electron chi connectivity index (χ3n) is 4.60. The van der Waals surface area contributed by atoms with Gasteiger partial charge in [0.1, 0.15) is 16.6 Å². The molecule has 1 aliphatic rings. The molecule has 1 aliphatic heterocycles. The number of nitrogens with zero attached hydrogens (tertiary/aromatic N) is 3. The highest BCUT2D eigenvalue weighted by atomic mass is 32.1.